The lowest BCUT2D eigenvalue weighted by atomic mass is 10.0. The molecule has 1 N–H and O–H groups in total. The third kappa shape index (κ3) is 4.24. The van der Waals surface area contributed by atoms with Gasteiger partial charge in [0.1, 0.15) is 6.04 Å². The summed E-state index contributed by atoms with van der Waals surface area (Å²) in [5, 5.41) is 2.82. The first kappa shape index (κ1) is 15.9. The minimum atomic E-state index is -0.439. The van der Waals surface area contributed by atoms with Crippen LogP contribution in [-0.4, -0.2) is 47.4 Å². The Balaban J connectivity index is 2.05. The molecule has 0 radical (unpaired) electrons. The summed E-state index contributed by atoms with van der Waals surface area (Å²) < 4.78 is 0. The molecule has 2 unspecified atom stereocenters. The highest BCUT2D eigenvalue weighted by Crippen LogP contribution is 2.15. The fourth-order valence-corrected chi connectivity index (χ4v) is 3.12. The predicted molar refractivity (Wildman–Crippen MR) is 86.3 cm³/mol. The van der Waals surface area contributed by atoms with Crippen molar-refractivity contribution >= 4 is 23.6 Å². The Bertz CT molecular complexity index is 492. The lowest BCUT2D eigenvalue weighted by molar-refractivity contribution is -0.146. The Morgan fingerprint density at radius 2 is 2.05 bits per heavy atom. The van der Waals surface area contributed by atoms with Gasteiger partial charge in [-0.1, -0.05) is 30.3 Å². The van der Waals surface area contributed by atoms with Gasteiger partial charge in [0, 0.05) is 12.5 Å². The van der Waals surface area contributed by atoms with E-state index in [2.05, 4.69) is 11.6 Å². The van der Waals surface area contributed by atoms with Crippen LogP contribution in [0.3, 0.4) is 0 Å². The van der Waals surface area contributed by atoms with E-state index in [4.69, 9.17) is 0 Å². The topological polar surface area (TPSA) is 49.4 Å². The second-order valence-electron chi connectivity index (χ2n) is 5.41. The molecule has 1 saturated heterocycles. The molecule has 0 saturated carbocycles. The maximum absolute atomic E-state index is 12.6. The van der Waals surface area contributed by atoms with Crippen LogP contribution >= 0.6 is 11.8 Å². The monoisotopic (exact) mass is 306 g/mol. The zero-order chi connectivity index (χ0) is 15.2. The highest BCUT2D eigenvalue weighted by molar-refractivity contribution is 7.98. The van der Waals surface area contributed by atoms with Crippen molar-refractivity contribution in [1.82, 2.24) is 10.2 Å². The molecule has 114 valence electrons. The first-order valence-corrected chi connectivity index (χ1v) is 8.64. The van der Waals surface area contributed by atoms with Gasteiger partial charge in [-0.25, -0.2) is 0 Å². The van der Waals surface area contributed by atoms with Gasteiger partial charge in [0.15, 0.2) is 0 Å². The molecule has 0 bridgehead atoms. The van der Waals surface area contributed by atoms with Crippen molar-refractivity contribution in [1.29, 1.82) is 0 Å². The van der Waals surface area contributed by atoms with Crippen molar-refractivity contribution in [3.05, 3.63) is 35.9 Å². The molecule has 1 heterocycles. The lowest BCUT2D eigenvalue weighted by Gasteiger charge is -2.36. The Labute approximate surface area is 130 Å². The van der Waals surface area contributed by atoms with Crippen LogP contribution in [0.1, 0.15) is 18.9 Å². The predicted octanol–water partition coefficient (Wildman–Crippen LogP) is 1.70. The summed E-state index contributed by atoms with van der Waals surface area (Å²) >= 11 is 1.76. The molecule has 1 aromatic carbocycles. The number of carbonyl (C=O) groups excluding carboxylic acids is 2. The highest BCUT2D eigenvalue weighted by Gasteiger charge is 2.34. The van der Waals surface area contributed by atoms with Gasteiger partial charge in [-0.05, 0) is 30.9 Å². The molecule has 0 aromatic heterocycles. The molecule has 21 heavy (non-hydrogen) atoms. The molecule has 1 aromatic rings. The average molecular weight is 306 g/mol. The summed E-state index contributed by atoms with van der Waals surface area (Å²) in [5.74, 6) is 0.967. The molecule has 1 fully saturated rings. The smallest absolute Gasteiger partial charge is 0.246 e. The van der Waals surface area contributed by atoms with E-state index in [0.717, 1.165) is 17.7 Å². The van der Waals surface area contributed by atoms with Crippen LogP contribution in [0.25, 0.3) is 0 Å². The Morgan fingerprint density at radius 1 is 1.33 bits per heavy atom. The van der Waals surface area contributed by atoms with E-state index < -0.39 is 6.04 Å². The van der Waals surface area contributed by atoms with E-state index in [0.29, 0.717) is 6.42 Å². The van der Waals surface area contributed by atoms with E-state index in [1.165, 1.54) is 0 Å². The summed E-state index contributed by atoms with van der Waals surface area (Å²) in [5.41, 5.74) is 1.06. The van der Waals surface area contributed by atoms with Crippen LogP contribution < -0.4 is 5.32 Å². The molecule has 4 nitrogen and oxygen atoms in total. The molecule has 2 amide bonds. The number of carbonyl (C=O) groups is 2. The van der Waals surface area contributed by atoms with E-state index in [-0.39, 0.29) is 24.4 Å². The van der Waals surface area contributed by atoms with Crippen molar-refractivity contribution in [2.24, 2.45) is 0 Å². The second-order valence-corrected chi connectivity index (χ2v) is 6.39. The molecule has 0 aliphatic carbocycles. The zero-order valence-electron chi connectivity index (χ0n) is 12.5. The highest BCUT2D eigenvalue weighted by atomic mass is 32.2. The summed E-state index contributed by atoms with van der Waals surface area (Å²) in [4.78, 5) is 26.2. The fourth-order valence-electron chi connectivity index (χ4n) is 2.54. The van der Waals surface area contributed by atoms with Gasteiger partial charge in [-0.3, -0.25) is 9.59 Å². The standard InChI is InChI=1S/C16H22N2O2S/c1-12(8-9-21-2)18-11-15(19)17-14(16(18)20)10-13-6-4-3-5-7-13/h3-7,12,14H,8-11H2,1-2H3,(H,17,19). The van der Waals surface area contributed by atoms with E-state index >= 15 is 0 Å². The summed E-state index contributed by atoms with van der Waals surface area (Å²) in [6.07, 6.45) is 3.52. The van der Waals surface area contributed by atoms with E-state index in [1.54, 1.807) is 16.7 Å². The van der Waals surface area contributed by atoms with Crippen LogP contribution in [0.5, 0.6) is 0 Å². The minimum Gasteiger partial charge on any atom is -0.342 e. The van der Waals surface area contributed by atoms with Crippen molar-refractivity contribution in [2.75, 3.05) is 18.6 Å². The van der Waals surface area contributed by atoms with Gasteiger partial charge < -0.3 is 10.2 Å². The summed E-state index contributed by atoms with van der Waals surface area (Å²) in [6, 6.07) is 9.47. The van der Waals surface area contributed by atoms with Crippen molar-refractivity contribution < 1.29 is 9.59 Å². The summed E-state index contributed by atoms with van der Waals surface area (Å²) in [6.45, 7) is 2.20. The Morgan fingerprint density at radius 3 is 2.71 bits per heavy atom. The Kier molecular flexibility index (Phi) is 5.67. The first-order valence-electron chi connectivity index (χ1n) is 7.24. The van der Waals surface area contributed by atoms with Gasteiger partial charge in [0.05, 0.1) is 6.54 Å². The molecule has 1 aliphatic rings. The number of amides is 2. The third-order valence-electron chi connectivity index (χ3n) is 3.78. The maximum atomic E-state index is 12.6. The van der Waals surface area contributed by atoms with Crippen molar-refractivity contribution in [3.8, 4) is 0 Å². The van der Waals surface area contributed by atoms with Crippen LogP contribution in [0.2, 0.25) is 0 Å². The second kappa shape index (κ2) is 7.50. The zero-order valence-corrected chi connectivity index (χ0v) is 13.4. The number of hydrogen-bond acceptors (Lipinski definition) is 3. The quantitative estimate of drug-likeness (QED) is 0.870. The third-order valence-corrected chi connectivity index (χ3v) is 4.43. The fraction of sp³-hybridized carbons (Fsp3) is 0.500. The van der Waals surface area contributed by atoms with E-state index in [1.807, 2.05) is 37.3 Å². The number of rotatable bonds is 6. The number of piperazine rings is 1. The normalized spacial score (nSPS) is 20.3. The number of nitrogens with zero attached hydrogens (tertiary/aromatic N) is 1. The Hall–Kier alpha value is -1.49. The van der Waals surface area contributed by atoms with Gasteiger partial charge >= 0.3 is 0 Å². The van der Waals surface area contributed by atoms with Gasteiger partial charge in [0.25, 0.3) is 0 Å². The van der Waals surface area contributed by atoms with Crippen molar-refractivity contribution in [3.63, 3.8) is 0 Å². The minimum absolute atomic E-state index is 0.0343. The van der Waals surface area contributed by atoms with Crippen LogP contribution in [0, 0.1) is 0 Å². The van der Waals surface area contributed by atoms with E-state index in [9.17, 15) is 9.59 Å². The largest absolute Gasteiger partial charge is 0.342 e. The van der Waals surface area contributed by atoms with Gasteiger partial charge in [-0.15, -0.1) is 0 Å². The molecule has 5 heteroatoms. The maximum Gasteiger partial charge on any atom is 0.246 e. The van der Waals surface area contributed by atoms with Crippen molar-refractivity contribution in [2.45, 2.75) is 31.8 Å². The molecular weight excluding hydrogens is 284 g/mol. The molecule has 0 spiro atoms. The number of benzene rings is 1. The summed E-state index contributed by atoms with van der Waals surface area (Å²) in [7, 11) is 0. The molecular formula is C16H22N2O2S. The number of hydrogen-bond donors (Lipinski definition) is 1. The number of thioether (sulfide) groups is 1. The SMILES string of the molecule is CSCCC(C)N1CC(=O)NC(Cc2ccccc2)C1=O. The van der Waals surface area contributed by atoms with Crippen LogP contribution in [-0.2, 0) is 16.0 Å². The first-order chi connectivity index (χ1) is 10.1. The number of nitrogens with one attached hydrogen (secondary N) is 1. The molecule has 2 rings (SSSR count). The van der Waals surface area contributed by atoms with Gasteiger partial charge in [-0.2, -0.15) is 11.8 Å². The van der Waals surface area contributed by atoms with Crippen LogP contribution in [0.15, 0.2) is 30.3 Å². The average Bonchev–Trinajstić information content (AvgIpc) is 2.49. The molecule has 2 atom stereocenters. The lowest BCUT2D eigenvalue weighted by Crippen LogP contribution is -2.60. The van der Waals surface area contributed by atoms with Gasteiger partial charge in [0.2, 0.25) is 11.8 Å². The molecule has 1 aliphatic heterocycles. The van der Waals surface area contributed by atoms with Crippen LogP contribution in [0.4, 0.5) is 0 Å².